The Morgan fingerprint density at radius 3 is 2.31 bits per heavy atom. The van der Waals surface area contributed by atoms with Gasteiger partial charge in [0.2, 0.25) is 5.89 Å². The fourth-order valence-electron chi connectivity index (χ4n) is 5.32. The molecule has 0 amide bonds. The average Bonchev–Trinajstić information content (AvgIpc) is 3.73. The highest BCUT2D eigenvalue weighted by Crippen LogP contribution is 2.31. The van der Waals surface area contributed by atoms with Crippen molar-refractivity contribution in [3.8, 4) is 34.0 Å². The van der Waals surface area contributed by atoms with Crippen LogP contribution in [-0.2, 0) is 0 Å². The molecule has 35 heavy (non-hydrogen) atoms. The van der Waals surface area contributed by atoms with Gasteiger partial charge in [0, 0.05) is 28.6 Å². The molecule has 2 saturated heterocycles. The van der Waals surface area contributed by atoms with E-state index >= 15 is 0 Å². The summed E-state index contributed by atoms with van der Waals surface area (Å²) in [5, 5.41) is 7.04. The molecule has 2 aliphatic rings. The number of benzene rings is 2. The number of oxazole rings is 1. The smallest absolute Gasteiger partial charge is 0.227 e. The van der Waals surface area contributed by atoms with Crippen molar-refractivity contribution in [1.29, 1.82) is 0 Å². The van der Waals surface area contributed by atoms with Gasteiger partial charge in [-0.05, 0) is 86.8 Å². The van der Waals surface area contributed by atoms with Crippen LogP contribution < -0.4 is 10.6 Å². The number of aromatic amines is 2. The van der Waals surface area contributed by atoms with E-state index in [0.717, 1.165) is 64.5 Å². The number of imidazole rings is 1. The average molecular weight is 465 g/mol. The second-order valence-corrected chi connectivity index (χ2v) is 9.59. The molecule has 0 bridgehead atoms. The second kappa shape index (κ2) is 8.52. The van der Waals surface area contributed by atoms with E-state index in [1.165, 1.54) is 25.0 Å². The first-order valence-corrected chi connectivity index (χ1v) is 12.5. The first-order chi connectivity index (χ1) is 17.3. The Kier molecular flexibility index (Phi) is 5.03. The van der Waals surface area contributed by atoms with Gasteiger partial charge < -0.3 is 25.0 Å². The van der Waals surface area contributed by atoms with Crippen LogP contribution in [0.4, 0.5) is 0 Å². The SMILES string of the molecule is c1cc(-c2nc3cc(-c4cnc([C@@H]5CCCN5)[nH]4)ccc3o2)ccc1-c1ccc(C2CCCN2)[nH]1. The summed E-state index contributed by atoms with van der Waals surface area (Å²) in [6.45, 7) is 2.15. The molecule has 0 saturated carbocycles. The second-order valence-electron chi connectivity index (χ2n) is 9.59. The van der Waals surface area contributed by atoms with Crippen LogP contribution in [0.1, 0.15) is 49.3 Å². The van der Waals surface area contributed by atoms with Crippen molar-refractivity contribution in [1.82, 2.24) is 30.6 Å². The van der Waals surface area contributed by atoms with Crippen molar-refractivity contribution in [2.45, 2.75) is 37.8 Å². The van der Waals surface area contributed by atoms with Crippen LogP contribution in [0, 0.1) is 0 Å². The highest BCUT2D eigenvalue weighted by molar-refractivity contribution is 5.81. The molecule has 2 fully saturated rings. The van der Waals surface area contributed by atoms with E-state index in [1.807, 2.05) is 12.3 Å². The number of nitrogens with one attached hydrogen (secondary N) is 4. The number of aromatic nitrogens is 4. The van der Waals surface area contributed by atoms with Crippen LogP contribution in [0.15, 0.2) is 65.2 Å². The molecule has 7 nitrogen and oxygen atoms in total. The third kappa shape index (κ3) is 3.87. The van der Waals surface area contributed by atoms with Crippen LogP contribution in [0.2, 0.25) is 0 Å². The van der Waals surface area contributed by atoms with E-state index in [-0.39, 0.29) is 0 Å². The molecule has 2 aromatic carbocycles. The summed E-state index contributed by atoms with van der Waals surface area (Å²) in [6, 6.07) is 19.6. The van der Waals surface area contributed by atoms with Gasteiger partial charge in [0.05, 0.1) is 17.9 Å². The summed E-state index contributed by atoms with van der Waals surface area (Å²) in [4.78, 5) is 16.4. The standard InChI is InChI=1S/C28H28N6O/c1-3-21(29-13-1)22-11-10-20(32-22)17-5-7-18(8-6-17)28-34-24-15-19(9-12-26(24)35-28)25-16-31-27(33-25)23-4-2-14-30-23/h5-12,15-16,21,23,29-30,32H,1-4,13-14H2,(H,31,33)/t21?,23-/m0/s1. The maximum absolute atomic E-state index is 6.09. The lowest BCUT2D eigenvalue weighted by Gasteiger charge is -2.07. The zero-order chi connectivity index (χ0) is 23.2. The molecule has 5 heterocycles. The molecule has 1 unspecified atom stereocenters. The zero-order valence-corrected chi connectivity index (χ0v) is 19.5. The lowest BCUT2D eigenvalue weighted by molar-refractivity contribution is 0.613. The third-order valence-corrected chi connectivity index (χ3v) is 7.27. The molecule has 176 valence electrons. The highest BCUT2D eigenvalue weighted by Gasteiger charge is 2.20. The van der Waals surface area contributed by atoms with Gasteiger partial charge in [0.25, 0.3) is 0 Å². The number of nitrogens with zero attached hydrogens (tertiary/aromatic N) is 2. The van der Waals surface area contributed by atoms with Gasteiger partial charge in [0.1, 0.15) is 11.3 Å². The molecule has 3 aromatic heterocycles. The fourth-order valence-corrected chi connectivity index (χ4v) is 5.32. The van der Waals surface area contributed by atoms with E-state index in [4.69, 9.17) is 9.40 Å². The quantitative estimate of drug-likeness (QED) is 0.267. The minimum absolute atomic E-state index is 0.325. The van der Waals surface area contributed by atoms with Crippen molar-refractivity contribution >= 4 is 11.1 Å². The van der Waals surface area contributed by atoms with E-state index in [9.17, 15) is 0 Å². The van der Waals surface area contributed by atoms with Gasteiger partial charge in [0.15, 0.2) is 5.58 Å². The largest absolute Gasteiger partial charge is 0.436 e. The third-order valence-electron chi connectivity index (χ3n) is 7.27. The molecule has 5 aromatic rings. The highest BCUT2D eigenvalue weighted by atomic mass is 16.3. The van der Waals surface area contributed by atoms with E-state index in [1.54, 1.807) is 0 Å². The summed E-state index contributed by atoms with van der Waals surface area (Å²) in [5.41, 5.74) is 8.20. The number of hydrogen-bond donors (Lipinski definition) is 4. The molecule has 4 N–H and O–H groups in total. The van der Waals surface area contributed by atoms with Crippen LogP contribution in [0.25, 0.3) is 45.1 Å². The number of H-pyrrole nitrogens is 2. The predicted molar refractivity (Wildman–Crippen MR) is 137 cm³/mol. The summed E-state index contributed by atoms with van der Waals surface area (Å²) in [7, 11) is 0. The number of hydrogen-bond acceptors (Lipinski definition) is 5. The van der Waals surface area contributed by atoms with Crippen molar-refractivity contribution in [2.24, 2.45) is 0 Å². The molecule has 7 heteroatoms. The Morgan fingerprint density at radius 1 is 0.743 bits per heavy atom. The minimum atomic E-state index is 0.325. The van der Waals surface area contributed by atoms with Crippen molar-refractivity contribution in [3.05, 3.63) is 72.3 Å². The van der Waals surface area contributed by atoms with E-state index < -0.39 is 0 Å². The maximum Gasteiger partial charge on any atom is 0.227 e. The maximum atomic E-state index is 6.09. The van der Waals surface area contributed by atoms with Gasteiger partial charge in [-0.15, -0.1) is 0 Å². The number of rotatable bonds is 5. The molecule has 2 aliphatic heterocycles. The Hall–Kier alpha value is -3.68. The molecular weight excluding hydrogens is 436 g/mol. The summed E-state index contributed by atoms with van der Waals surface area (Å²) < 4.78 is 6.09. The Balaban J connectivity index is 1.12. The fraction of sp³-hybridized carbons (Fsp3) is 0.286. The van der Waals surface area contributed by atoms with Crippen LogP contribution >= 0.6 is 0 Å². The monoisotopic (exact) mass is 464 g/mol. The van der Waals surface area contributed by atoms with Crippen LogP contribution in [-0.4, -0.2) is 33.0 Å². The molecular formula is C28H28N6O. The lowest BCUT2D eigenvalue weighted by atomic mass is 10.1. The van der Waals surface area contributed by atoms with Crippen LogP contribution in [0.3, 0.4) is 0 Å². The predicted octanol–water partition coefficient (Wildman–Crippen LogP) is 5.73. The van der Waals surface area contributed by atoms with Gasteiger partial charge in [-0.25, -0.2) is 9.97 Å². The van der Waals surface area contributed by atoms with Crippen LogP contribution in [0.5, 0.6) is 0 Å². The number of fused-ring (bicyclic) bond motifs is 1. The Morgan fingerprint density at radius 2 is 1.51 bits per heavy atom. The molecule has 0 radical (unpaired) electrons. The molecule has 2 atom stereocenters. The van der Waals surface area contributed by atoms with E-state index in [0.29, 0.717) is 18.0 Å². The van der Waals surface area contributed by atoms with Gasteiger partial charge in [-0.2, -0.15) is 0 Å². The summed E-state index contributed by atoms with van der Waals surface area (Å²) in [6.07, 6.45) is 6.66. The molecule has 0 spiro atoms. The first-order valence-electron chi connectivity index (χ1n) is 12.5. The topological polar surface area (TPSA) is 94.6 Å². The van der Waals surface area contributed by atoms with Crippen molar-refractivity contribution in [3.63, 3.8) is 0 Å². The van der Waals surface area contributed by atoms with Gasteiger partial charge in [-0.1, -0.05) is 12.1 Å². The van der Waals surface area contributed by atoms with Crippen molar-refractivity contribution in [2.75, 3.05) is 13.1 Å². The van der Waals surface area contributed by atoms with Gasteiger partial charge >= 0.3 is 0 Å². The minimum Gasteiger partial charge on any atom is -0.436 e. The Bertz CT molecular complexity index is 1460. The normalized spacial score (nSPS) is 20.2. The van der Waals surface area contributed by atoms with E-state index in [2.05, 4.69) is 74.1 Å². The zero-order valence-electron chi connectivity index (χ0n) is 19.5. The van der Waals surface area contributed by atoms with Gasteiger partial charge in [-0.3, -0.25) is 0 Å². The Labute approximate surface area is 203 Å². The lowest BCUT2D eigenvalue weighted by Crippen LogP contribution is -2.14. The molecule has 7 rings (SSSR count). The summed E-state index contributed by atoms with van der Waals surface area (Å²) >= 11 is 0. The first kappa shape index (κ1) is 20.7. The summed E-state index contributed by atoms with van der Waals surface area (Å²) in [5.74, 6) is 1.64. The molecule has 0 aliphatic carbocycles. The van der Waals surface area contributed by atoms with Crippen molar-refractivity contribution < 1.29 is 4.42 Å².